The normalized spacial score (nSPS) is 13.8. The highest BCUT2D eigenvalue weighted by Gasteiger charge is 2.29. The van der Waals surface area contributed by atoms with E-state index in [0.717, 1.165) is 0 Å². The number of rotatable bonds is 5. The molecule has 0 aliphatic heterocycles. The Balaban J connectivity index is 0.000000438. The van der Waals surface area contributed by atoms with Crippen LogP contribution in [0.2, 0.25) is 5.02 Å². The number of benzene rings is 1. The maximum absolute atomic E-state index is 11.1. The molecule has 0 saturated heterocycles. The lowest BCUT2D eigenvalue weighted by atomic mass is 10.1. The van der Waals surface area contributed by atoms with E-state index in [-0.39, 0.29) is 0 Å². The quantitative estimate of drug-likeness (QED) is 0.435. The smallest absolute Gasteiger partial charge is 0.335 e. The van der Waals surface area contributed by atoms with E-state index in [4.69, 9.17) is 37.8 Å². The van der Waals surface area contributed by atoms with E-state index < -0.39 is 36.2 Å². The Morgan fingerprint density at radius 2 is 1.52 bits per heavy atom. The maximum atomic E-state index is 11.1. The summed E-state index contributed by atoms with van der Waals surface area (Å²) in [5.41, 5.74) is 6.17. The van der Waals surface area contributed by atoms with Crippen molar-refractivity contribution in [2.45, 2.75) is 18.2 Å². The predicted molar refractivity (Wildman–Crippen MR) is 77.7 cm³/mol. The number of hydrogen-bond donors (Lipinski definition) is 5. The van der Waals surface area contributed by atoms with Crippen molar-refractivity contribution in [1.82, 2.24) is 0 Å². The minimum absolute atomic E-state index is 0.473. The standard InChI is InChI=1S/C9H10ClNO2.C4H6O6/c1-13-9(12)8(11)6-4-2-3-5-7(6)10;5-1(3(7)8)2(6)4(9)10/h2-5,8H,11H2,1H3;1-2,5-6H,(H,7,8)(H,9,10)/t8-;1-,2-/m00/s1. The molecule has 23 heavy (non-hydrogen) atoms. The Kier molecular flexibility index (Phi) is 8.81. The molecule has 0 aliphatic rings. The number of carboxylic acids is 2. The molecule has 0 spiro atoms. The molecule has 0 heterocycles. The van der Waals surface area contributed by atoms with Crippen LogP contribution in [-0.4, -0.2) is 57.7 Å². The van der Waals surface area contributed by atoms with E-state index in [1.165, 1.54) is 7.11 Å². The lowest BCUT2D eigenvalue weighted by molar-refractivity contribution is -0.165. The fourth-order valence-electron chi connectivity index (χ4n) is 1.25. The largest absolute Gasteiger partial charge is 0.479 e. The molecule has 9 nitrogen and oxygen atoms in total. The van der Waals surface area contributed by atoms with Crippen molar-refractivity contribution in [3.8, 4) is 0 Å². The van der Waals surface area contributed by atoms with Crippen LogP contribution in [0.5, 0.6) is 0 Å². The Morgan fingerprint density at radius 1 is 1.09 bits per heavy atom. The zero-order chi connectivity index (χ0) is 18.2. The Morgan fingerprint density at radius 3 is 1.87 bits per heavy atom. The molecule has 3 atom stereocenters. The maximum Gasteiger partial charge on any atom is 0.335 e. The van der Waals surface area contributed by atoms with E-state index in [9.17, 15) is 14.4 Å². The first-order chi connectivity index (χ1) is 10.6. The third kappa shape index (κ3) is 6.61. The molecule has 0 radical (unpaired) electrons. The summed E-state index contributed by atoms with van der Waals surface area (Å²) in [6.07, 6.45) is -4.53. The van der Waals surface area contributed by atoms with Crippen molar-refractivity contribution >= 4 is 29.5 Å². The lowest BCUT2D eigenvalue weighted by Crippen LogP contribution is -2.39. The summed E-state index contributed by atoms with van der Waals surface area (Å²) in [4.78, 5) is 30.6. The van der Waals surface area contributed by atoms with E-state index in [0.29, 0.717) is 10.6 Å². The molecular formula is C13H16ClNO8. The fourth-order valence-corrected chi connectivity index (χ4v) is 1.50. The first-order valence-corrected chi connectivity index (χ1v) is 6.40. The van der Waals surface area contributed by atoms with Gasteiger partial charge in [0.05, 0.1) is 7.11 Å². The Hall–Kier alpha value is -2.20. The second kappa shape index (κ2) is 9.74. The van der Waals surface area contributed by atoms with Crippen LogP contribution in [0.4, 0.5) is 0 Å². The van der Waals surface area contributed by atoms with E-state index in [2.05, 4.69) is 4.74 Å². The number of aliphatic hydroxyl groups excluding tert-OH is 2. The first kappa shape index (κ1) is 20.8. The highest BCUT2D eigenvalue weighted by atomic mass is 35.5. The average molecular weight is 350 g/mol. The molecule has 0 aliphatic carbocycles. The van der Waals surface area contributed by atoms with Crippen molar-refractivity contribution < 1.29 is 39.5 Å². The number of halogens is 1. The predicted octanol–water partition coefficient (Wildman–Crippen LogP) is -0.610. The van der Waals surface area contributed by atoms with Crippen LogP contribution in [0.3, 0.4) is 0 Å². The van der Waals surface area contributed by atoms with Gasteiger partial charge in [-0.25, -0.2) is 9.59 Å². The molecule has 1 aromatic rings. The van der Waals surface area contributed by atoms with Crippen molar-refractivity contribution in [3.05, 3.63) is 34.9 Å². The number of nitrogens with two attached hydrogens (primary N) is 1. The number of carbonyl (C=O) groups is 3. The van der Waals surface area contributed by atoms with Crippen molar-refractivity contribution in [2.75, 3.05) is 7.11 Å². The summed E-state index contributed by atoms with van der Waals surface area (Å²) in [5.74, 6) is -4.03. The van der Waals surface area contributed by atoms with Gasteiger partial charge in [0, 0.05) is 5.02 Å². The van der Waals surface area contributed by atoms with E-state index in [1.54, 1.807) is 24.3 Å². The van der Waals surface area contributed by atoms with Gasteiger partial charge in [0.25, 0.3) is 0 Å². The molecule has 0 bridgehead atoms. The van der Waals surface area contributed by atoms with Crippen LogP contribution in [-0.2, 0) is 19.1 Å². The van der Waals surface area contributed by atoms with Gasteiger partial charge >= 0.3 is 17.9 Å². The highest BCUT2D eigenvalue weighted by molar-refractivity contribution is 6.31. The Bertz CT molecular complexity index is 547. The fraction of sp³-hybridized carbons (Fsp3) is 0.308. The summed E-state index contributed by atoms with van der Waals surface area (Å²) in [6.45, 7) is 0. The SMILES string of the molecule is COC(=O)[C@@H](N)c1ccccc1Cl.O=C(O)[C@@H](O)[C@H](O)C(=O)O. The van der Waals surface area contributed by atoms with Crippen molar-refractivity contribution in [1.29, 1.82) is 0 Å². The number of carboxylic acid groups (broad SMARTS) is 2. The van der Waals surface area contributed by atoms with Crippen molar-refractivity contribution in [2.24, 2.45) is 5.73 Å². The molecular weight excluding hydrogens is 334 g/mol. The van der Waals surface area contributed by atoms with E-state index >= 15 is 0 Å². The molecule has 0 saturated carbocycles. The third-order valence-corrected chi connectivity index (χ3v) is 2.84. The zero-order valence-electron chi connectivity index (χ0n) is 11.9. The van der Waals surface area contributed by atoms with Gasteiger partial charge in [-0.05, 0) is 11.6 Å². The Labute approximate surface area is 135 Å². The van der Waals surface area contributed by atoms with Gasteiger partial charge in [0.2, 0.25) is 0 Å². The monoisotopic (exact) mass is 349 g/mol. The topological polar surface area (TPSA) is 167 Å². The molecule has 0 amide bonds. The number of ether oxygens (including phenoxy) is 1. The van der Waals surface area contributed by atoms with Gasteiger partial charge in [0.1, 0.15) is 6.04 Å². The minimum Gasteiger partial charge on any atom is -0.479 e. The number of carbonyl (C=O) groups excluding carboxylic acids is 1. The molecule has 128 valence electrons. The summed E-state index contributed by atoms with van der Waals surface area (Å²) in [5, 5.41) is 33.0. The average Bonchev–Trinajstić information content (AvgIpc) is 2.52. The van der Waals surface area contributed by atoms with Gasteiger partial charge in [-0.1, -0.05) is 29.8 Å². The summed E-state index contributed by atoms with van der Waals surface area (Å²) in [6, 6.07) is 6.11. The molecule has 10 heteroatoms. The second-order valence-corrected chi connectivity index (χ2v) is 4.50. The molecule has 0 fully saturated rings. The molecule has 0 unspecified atom stereocenters. The first-order valence-electron chi connectivity index (χ1n) is 6.03. The zero-order valence-corrected chi connectivity index (χ0v) is 12.7. The number of aliphatic carboxylic acids is 2. The summed E-state index contributed by atoms with van der Waals surface area (Å²) >= 11 is 5.83. The number of methoxy groups -OCH3 is 1. The van der Waals surface area contributed by atoms with Crippen molar-refractivity contribution in [3.63, 3.8) is 0 Å². The van der Waals surface area contributed by atoms with Crippen LogP contribution in [0, 0.1) is 0 Å². The molecule has 1 aromatic carbocycles. The molecule has 1 rings (SSSR count). The lowest BCUT2D eigenvalue weighted by Gasteiger charge is -2.10. The van der Waals surface area contributed by atoms with Crippen LogP contribution >= 0.6 is 11.6 Å². The third-order valence-electron chi connectivity index (χ3n) is 2.50. The minimum atomic E-state index is -2.27. The summed E-state index contributed by atoms with van der Waals surface area (Å²) in [7, 11) is 1.29. The number of hydrogen-bond acceptors (Lipinski definition) is 7. The molecule has 6 N–H and O–H groups in total. The van der Waals surface area contributed by atoms with E-state index in [1.807, 2.05) is 0 Å². The van der Waals surface area contributed by atoms with Gasteiger partial charge in [-0.15, -0.1) is 0 Å². The second-order valence-electron chi connectivity index (χ2n) is 4.09. The summed E-state index contributed by atoms with van der Waals surface area (Å²) < 4.78 is 4.50. The highest BCUT2D eigenvalue weighted by Crippen LogP contribution is 2.21. The van der Waals surface area contributed by atoms with Gasteiger partial charge in [-0.2, -0.15) is 0 Å². The van der Waals surface area contributed by atoms with Gasteiger partial charge in [0.15, 0.2) is 12.2 Å². The van der Waals surface area contributed by atoms with Gasteiger partial charge < -0.3 is 30.9 Å². The van der Waals surface area contributed by atoms with Crippen LogP contribution in [0.15, 0.2) is 24.3 Å². The van der Waals surface area contributed by atoms with Crippen LogP contribution in [0.1, 0.15) is 11.6 Å². The van der Waals surface area contributed by atoms with Gasteiger partial charge in [-0.3, -0.25) is 4.79 Å². The number of esters is 1. The van der Waals surface area contributed by atoms with Crippen LogP contribution in [0.25, 0.3) is 0 Å². The molecule has 0 aromatic heterocycles. The van der Waals surface area contributed by atoms with Crippen LogP contribution < -0.4 is 5.73 Å². The number of aliphatic hydroxyl groups is 2.